The average molecular weight is 243 g/mol. The number of amides is 1. The van der Waals surface area contributed by atoms with Crippen molar-refractivity contribution in [3.05, 3.63) is 34.7 Å². The molecule has 0 aromatic rings. The third-order valence-electron chi connectivity index (χ3n) is 2.97. The maximum absolute atomic E-state index is 13.6. The standard InChI is InChI=1S/C12H12F3NO/c13-6-4-8-11(12(8)15)7(9(14)5-6)2-1-3-10(16)17/h5,8H,1-4H2,(H2,16,17)/t8-/m1/s1. The van der Waals surface area contributed by atoms with E-state index >= 15 is 0 Å². The molecule has 0 unspecified atom stereocenters. The summed E-state index contributed by atoms with van der Waals surface area (Å²) in [5, 5.41) is 0. The zero-order chi connectivity index (χ0) is 12.6. The highest BCUT2D eigenvalue weighted by molar-refractivity contribution is 5.73. The molecule has 92 valence electrons. The molecule has 1 atom stereocenters. The largest absolute Gasteiger partial charge is 0.370 e. The summed E-state index contributed by atoms with van der Waals surface area (Å²) in [6.07, 6.45) is 1.36. The van der Waals surface area contributed by atoms with Gasteiger partial charge in [-0.1, -0.05) is 0 Å². The Bertz CT molecular complexity index is 462. The van der Waals surface area contributed by atoms with Crippen LogP contribution in [0.2, 0.25) is 0 Å². The summed E-state index contributed by atoms with van der Waals surface area (Å²) in [5.41, 5.74) is 5.42. The van der Waals surface area contributed by atoms with Gasteiger partial charge in [0.1, 0.15) is 17.5 Å². The van der Waals surface area contributed by atoms with E-state index < -0.39 is 29.3 Å². The molecule has 0 heterocycles. The van der Waals surface area contributed by atoms with E-state index in [0.29, 0.717) is 6.42 Å². The van der Waals surface area contributed by atoms with Gasteiger partial charge in [-0.2, -0.15) is 0 Å². The molecular weight excluding hydrogens is 231 g/mol. The van der Waals surface area contributed by atoms with Crippen LogP contribution in [0.5, 0.6) is 0 Å². The Hall–Kier alpha value is -1.52. The van der Waals surface area contributed by atoms with Gasteiger partial charge in [-0.05, 0) is 18.4 Å². The Balaban J connectivity index is 2.11. The summed E-state index contributed by atoms with van der Waals surface area (Å²) in [5.74, 6) is -2.90. The third-order valence-corrected chi connectivity index (χ3v) is 2.97. The highest BCUT2D eigenvalue weighted by Gasteiger charge is 2.42. The number of primary amides is 1. The lowest BCUT2D eigenvalue weighted by molar-refractivity contribution is -0.118. The molecule has 0 saturated heterocycles. The molecule has 0 bridgehead atoms. The molecule has 5 heteroatoms. The third kappa shape index (κ3) is 2.43. The van der Waals surface area contributed by atoms with E-state index in [1.165, 1.54) is 0 Å². The predicted molar refractivity (Wildman–Crippen MR) is 56.6 cm³/mol. The molecule has 1 amide bonds. The number of hydrogen-bond acceptors (Lipinski definition) is 1. The van der Waals surface area contributed by atoms with Crippen LogP contribution in [0.3, 0.4) is 0 Å². The van der Waals surface area contributed by atoms with Crippen LogP contribution in [0.15, 0.2) is 34.7 Å². The first-order valence-corrected chi connectivity index (χ1v) is 5.43. The highest BCUT2D eigenvalue weighted by Crippen LogP contribution is 2.52. The Kier molecular flexibility index (Phi) is 3.09. The fourth-order valence-electron chi connectivity index (χ4n) is 2.09. The number of halogens is 3. The molecular formula is C12H12F3NO. The number of nitrogens with two attached hydrogens (primary N) is 1. The van der Waals surface area contributed by atoms with Crippen molar-refractivity contribution in [2.24, 2.45) is 11.7 Å². The Morgan fingerprint density at radius 1 is 1.41 bits per heavy atom. The first-order chi connectivity index (χ1) is 8.00. The van der Waals surface area contributed by atoms with Crippen molar-refractivity contribution in [2.75, 3.05) is 0 Å². The van der Waals surface area contributed by atoms with Crippen molar-refractivity contribution in [3.63, 3.8) is 0 Å². The summed E-state index contributed by atoms with van der Waals surface area (Å²) < 4.78 is 39.9. The maximum Gasteiger partial charge on any atom is 0.217 e. The Labute approximate surface area is 96.7 Å². The van der Waals surface area contributed by atoms with Crippen LogP contribution < -0.4 is 5.73 Å². The smallest absolute Gasteiger partial charge is 0.217 e. The van der Waals surface area contributed by atoms with Crippen molar-refractivity contribution in [3.8, 4) is 0 Å². The lowest BCUT2D eigenvalue weighted by Gasteiger charge is -2.02. The average Bonchev–Trinajstić information content (AvgIpc) is 2.85. The summed E-state index contributed by atoms with van der Waals surface area (Å²) in [4.78, 5) is 10.6. The molecule has 2 nitrogen and oxygen atoms in total. The molecule has 2 rings (SSSR count). The second-order valence-corrected chi connectivity index (χ2v) is 4.26. The summed E-state index contributed by atoms with van der Waals surface area (Å²) in [6.45, 7) is 0. The molecule has 0 spiro atoms. The monoisotopic (exact) mass is 243 g/mol. The van der Waals surface area contributed by atoms with Crippen molar-refractivity contribution >= 4 is 5.91 Å². The van der Waals surface area contributed by atoms with Gasteiger partial charge in [-0.3, -0.25) is 4.79 Å². The SMILES string of the molecule is NC(=O)CCCC1=C(F)C=C(F)C[C@H]2C(F)=C12. The number of rotatable bonds is 4. The van der Waals surface area contributed by atoms with Crippen molar-refractivity contribution in [2.45, 2.75) is 25.7 Å². The van der Waals surface area contributed by atoms with E-state index in [-0.39, 0.29) is 30.4 Å². The van der Waals surface area contributed by atoms with Crippen LogP contribution >= 0.6 is 0 Å². The summed E-state index contributed by atoms with van der Waals surface area (Å²) >= 11 is 0. The molecule has 2 N–H and O–H groups in total. The van der Waals surface area contributed by atoms with Crippen molar-refractivity contribution in [1.82, 2.24) is 0 Å². The Morgan fingerprint density at radius 2 is 2.12 bits per heavy atom. The van der Waals surface area contributed by atoms with Gasteiger partial charge in [0.25, 0.3) is 0 Å². The topological polar surface area (TPSA) is 43.1 Å². The van der Waals surface area contributed by atoms with Crippen LogP contribution in [0.1, 0.15) is 25.7 Å². The quantitative estimate of drug-likeness (QED) is 0.810. The zero-order valence-electron chi connectivity index (χ0n) is 9.10. The lowest BCUT2D eigenvalue weighted by atomic mass is 10.0. The fourth-order valence-corrected chi connectivity index (χ4v) is 2.09. The lowest BCUT2D eigenvalue weighted by Crippen LogP contribution is -2.09. The van der Waals surface area contributed by atoms with Crippen LogP contribution in [0, 0.1) is 5.92 Å². The van der Waals surface area contributed by atoms with E-state index in [4.69, 9.17) is 5.73 Å². The summed E-state index contributed by atoms with van der Waals surface area (Å²) in [7, 11) is 0. The number of allylic oxidation sites excluding steroid dienone is 6. The summed E-state index contributed by atoms with van der Waals surface area (Å²) in [6, 6.07) is 0. The highest BCUT2D eigenvalue weighted by atomic mass is 19.1. The van der Waals surface area contributed by atoms with Gasteiger partial charge in [-0.25, -0.2) is 13.2 Å². The van der Waals surface area contributed by atoms with Gasteiger partial charge in [0, 0.05) is 30.4 Å². The molecule has 0 aliphatic heterocycles. The minimum atomic E-state index is -0.739. The molecule has 0 saturated carbocycles. The second-order valence-electron chi connectivity index (χ2n) is 4.26. The second kappa shape index (κ2) is 4.39. The number of fused-ring (bicyclic) bond motifs is 1. The van der Waals surface area contributed by atoms with Gasteiger partial charge in [-0.15, -0.1) is 0 Å². The van der Waals surface area contributed by atoms with E-state index in [9.17, 15) is 18.0 Å². The van der Waals surface area contributed by atoms with Gasteiger partial charge < -0.3 is 5.73 Å². The van der Waals surface area contributed by atoms with E-state index in [1.807, 2.05) is 0 Å². The van der Waals surface area contributed by atoms with Crippen molar-refractivity contribution in [1.29, 1.82) is 0 Å². The van der Waals surface area contributed by atoms with Gasteiger partial charge in [0.15, 0.2) is 0 Å². The van der Waals surface area contributed by atoms with Crippen LogP contribution in [-0.4, -0.2) is 5.91 Å². The molecule has 2 aliphatic carbocycles. The van der Waals surface area contributed by atoms with Gasteiger partial charge in [0.2, 0.25) is 5.91 Å². The van der Waals surface area contributed by atoms with E-state index in [0.717, 1.165) is 6.08 Å². The minimum absolute atomic E-state index is 0.103. The molecule has 0 aromatic carbocycles. The maximum atomic E-state index is 13.6. The molecule has 2 aliphatic rings. The first kappa shape index (κ1) is 12.0. The molecule has 0 radical (unpaired) electrons. The van der Waals surface area contributed by atoms with E-state index in [1.54, 1.807) is 0 Å². The molecule has 0 aromatic heterocycles. The van der Waals surface area contributed by atoms with E-state index in [2.05, 4.69) is 0 Å². The normalized spacial score (nSPS) is 23.2. The molecule has 0 fully saturated rings. The van der Waals surface area contributed by atoms with Gasteiger partial charge in [0.05, 0.1) is 0 Å². The van der Waals surface area contributed by atoms with Crippen LogP contribution in [-0.2, 0) is 4.79 Å². The zero-order valence-corrected chi connectivity index (χ0v) is 9.10. The van der Waals surface area contributed by atoms with Crippen LogP contribution in [0.4, 0.5) is 13.2 Å². The number of carbonyl (C=O) groups is 1. The Morgan fingerprint density at radius 3 is 2.76 bits per heavy atom. The van der Waals surface area contributed by atoms with Crippen LogP contribution in [0.25, 0.3) is 0 Å². The first-order valence-electron chi connectivity index (χ1n) is 5.43. The fraction of sp³-hybridized carbons (Fsp3) is 0.417. The number of hydrogen-bond donors (Lipinski definition) is 1. The predicted octanol–water partition coefficient (Wildman–Crippen LogP) is 2.98. The molecule has 17 heavy (non-hydrogen) atoms. The minimum Gasteiger partial charge on any atom is -0.370 e. The van der Waals surface area contributed by atoms with Crippen molar-refractivity contribution < 1.29 is 18.0 Å². The number of carbonyl (C=O) groups excluding carboxylic acids is 1. The van der Waals surface area contributed by atoms with Gasteiger partial charge >= 0.3 is 0 Å².